The van der Waals surface area contributed by atoms with Crippen LogP contribution in [0.2, 0.25) is 0 Å². The van der Waals surface area contributed by atoms with Crippen molar-refractivity contribution in [3.05, 3.63) is 27.7 Å². The molecule has 0 unspecified atom stereocenters. The lowest BCUT2D eigenvalue weighted by atomic mass is 9.83. The molecule has 1 aromatic carbocycles. The van der Waals surface area contributed by atoms with Crippen molar-refractivity contribution in [2.24, 2.45) is 5.92 Å². The molecule has 0 bridgehead atoms. The Hall–Kier alpha value is -0.540. The van der Waals surface area contributed by atoms with Crippen LogP contribution in [-0.4, -0.2) is 20.2 Å². The third kappa shape index (κ3) is 3.76. The number of hydrogen-bond acceptors (Lipinski definition) is 2. The largest absolute Gasteiger partial charge is 0.496 e. The second-order valence-corrected chi connectivity index (χ2v) is 7.71. The molecular weight excluding hydrogens is 314 g/mol. The maximum absolute atomic E-state index is 5.76. The fraction of sp³-hybridized carbons (Fsp3) is 0.647. The standard InChI is InChI=1S/C17H26BrNO/c1-17(2,3)15-11-14(18)10-13(16(15)20-4)9-12-5-7-19-8-6-12/h10-12,19H,5-9H2,1-4H3. The van der Waals surface area contributed by atoms with E-state index in [1.807, 2.05) is 0 Å². The third-order valence-corrected chi connectivity index (χ3v) is 4.57. The van der Waals surface area contributed by atoms with Crippen LogP contribution in [0.15, 0.2) is 16.6 Å². The van der Waals surface area contributed by atoms with Gasteiger partial charge in [-0.15, -0.1) is 0 Å². The molecule has 20 heavy (non-hydrogen) atoms. The zero-order valence-corrected chi connectivity index (χ0v) is 14.6. The average Bonchev–Trinajstić information content (AvgIpc) is 2.38. The summed E-state index contributed by atoms with van der Waals surface area (Å²) in [5.74, 6) is 1.85. The quantitative estimate of drug-likeness (QED) is 0.886. The van der Waals surface area contributed by atoms with Gasteiger partial charge in [0.2, 0.25) is 0 Å². The van der Waals surface area contributed by atoms with Crippen LogP contribution in [-0.2, 0) is 11.8 Å². The number of piperidine rings is 1. The van der Waals surface area contributed by atoms with E-state index >= 15 is 0 Å². The summed E-state index contributed by atoms with van der Waals surface area (Å²) >= 11 is 3.67. The molecule has 2 nitrogen and oxygen atoms in total. The molecule has 1 aliphatic heterocycles. The molecule has 1 heterocycles. The summed E-state index contributed by atoms with van der Waals surface area (Å²) in [5, 5.41) is 3.44. The van der Waals surface area contributed by atoms with Crippen molar-refractivity contribution in [1.82, 2.24) is 5.32 Å². The van der Waals surface area contributed by atoms with Crippen LogP contribution in [0, 0.1) is 5.92 Å². The predicted octanol–water partition coefficient (Wildman–Crippen LogP) is 4.30. The number of hydrogen-bond donors (Lipinski definition) is 1. The lowest BCUT2D eigenvalue weighted by molar-refractivity contribution is 0.356. The molecule has 1 saturated heterocycles. The molecule has 0 spiro atoms. The molecule has 0 radical (unpaired) electrons. The predicted molar refractivity (Wildman–Crippen MR) is 88.7 cm³/mol. The Balaban J connectivity index is 2.33. The maximum atomic E-state index is 5.76. The van der Waals surface area contributed by atoms with Crippen LogP contribution in [0.3, 0.4) is 0 Å². The monoisotopic (exact) mass is 339 g/mol. The van der Waals surface area contributed by atoms with Crippen molar-refractivity contribution in [1.29, 1.82) is 0 Å². The molecule has 0 amide bonds. The molecule has 0 aromatic heterocycles. The molecule has 3 heteroatoms. The minimum Gasteiger partial charge on any atom is -0.496 e. The van der Waals surface area contributed by atoms with E-state index in [-0.39, 0.29) is 5.41 Å². The van der Waals surface area contributed by atoms with Gasteiger partial charge < -0.3 is 10.1 Å². The zero-order chi connectivity index (χ0) is 14.8. The third-order valence-electron chi connectivity index (χ3n) is 4.11. The van der Waals surface area contributed by atoms with Crippen LogP contribution < -0.4 is 10.1 Å². The van der Waals surface area contributed by atoms with Gasteiger partial charge in [-0.3, -0.25) is 0 Å². The van der Waals surface area contributed by atoms with Gasteiger partial charge in [-0.2, -0.15) is 0 Å². The second kappa shape index (κ2) is 6.48. The van der Waals surface area contributed by atoms with Crippen molar-refractivity contribution >= 4 is 15.9 Å². The van der Waals surface area contributed by atoms with E-state index in [4.69, 9.17) is 4.74 Å². The lowest BCUT2D eigenvalue weighted by Gasteiger charge is -2.27. The molecule has 1 aromatic rings. The lowest BCUT2D eigenvalue weighted by Crippen LogP contribution is -2.28. The zero-order valence-electron chi connectivity index (χ0n) is 13.1. The normalized spacial score (nSPS) is 17.2. The fourth-order valence-corrected chi connectivity index (χ4v) is 3.50. The molecule has 1 aliphatic rings. The van der Waals surface area contributed by atoms with Crippen molar-refractivity contribution in [3.63, 3.8) is 0 Å². The van der Waals surface area contributed by atoms with E-state index in [9.17, 15) is 0 Å². The number of nitrogens with one attached hydrogen (secondary N) is 1. The van der Waals surface area contributed by atoms with Crippen LogP contribution in [0.5, 0.6) is 5.75 Å². The Morgan fingerprint density at radius 2 is 1.90 bits per heavy atom. The molecule has 0 saturated carbocycles. The van der Waals surface area contributed by atoms with Crippen LogP contribution in [0.1, 0.15) is 44.7 Å². The Morgan fingerprint density at radius 1 is 1.25 bits per heavy atom. The SMILES string of the molecule is COc1c(CC2CCNCC2)cc(Br)cc1C(C)(C)C. The van der Waals surface area contributed by atoms with E-state index in [1.165, 1.54) is 24.0 Å². The summed E-state index contributed by atoms with van der Waals surface area (Å²) in [6.07, 6.45) is 3.65. The highest BCUT2D eigenvalue weighted by Gasteiger charge is 2.24. The molecule has 112 valence electrons. The molecular formula is C17H26BrNO. The first-order valence-corrected chi connectivity index (χ1v) is 8.28. The number of halogens is 1. The van der Waals surface area contributed by atoms with E-state index < -0.39 is 0 Å². The molecule has 0 atom stereocenters. The number of rotatable bonds is 3. The van der Waals surface area contributed by atoms with Gasteiger partial charge in [0, 0.05) is 10.0 Å². The van der Waals surface area contributed by atoms with Crippen LogP contribution >= 0.6 is 15.9 Å². The minimum absolute atomic E-state index is 0.0952. The van der Waals surface area contributed by atoms with Crippen molar-refractivity contribution in [2.45, 2.75) is 45.4 Å². The molecule has 1 fully saturated rings. The Labute approximate surface area is 131 Å². The van der Waals surface area contributed by atoms with Gasteiger partial charge in [0.25, 0.3) is 0 Å². The van der Waals surface area contributed by atoms with Gasteiger partial charge in [0.05, 0.1) is 7.11 Å². The first-order chi connectivity index (χ1) is 9.41. The Bertz CT molecular complexity index is 459. The molecule has 1 N–H and O–H groups in total. The Kier molecular flexibility index (Phi) is 5.14. The summed E-state index contributed by atoms with van der Waals surface area (Å²) in [5.41, 5.74) is 2.73. The topological polar surface area (TPSA) is 21.3 Å². The first-order valence-electron chi connectivity index (χ1n) is 7.49. The highest BCUT2D eigenvalue weighted by atomic mass is 79.9. The van der Waals surface area contributed by atoms with Gasteiger partial charge in [0.15, 0.2) is 0 Å². The number of methoxy groups -OCH3 is 1. The smallest absolute Gasteiger partial charge is 0.125 e. The molecule has 0 aliphatic carbocycles. The highest BCUT2D eigenvalue weighted by Crippen LogP contribution is 2.38. The number of benzene rings is 1. The summed E-state index contributed by atoms with van der Waals surface area (Å²) in [6.45, 7) is 9.02. The maximum Gasteiger partial charge on any atom is 0.125 e. The average molecular weight is 340 g/mol. The van der Waals surface area contributed by atoms with Gasteiger partial charge in [-0.05, 0) is 61.4 Å². The van der Waals surface area contributed by atoms with E-state index in [1.54, 1.807) is 7.11 Å². The van der Waals surface area contributed by atoms with Crippen molar-refractivity contribution in [3.8, 4) is 5.75 Å². The highest BCUT2D eigenvalue weighted by molar-refractivity contribution is 9.10. The minimum atomic E-state index is 0.0952. The van der Waals surface area contributed by atoms with Crippen molar-refractivity contribution in [2.75, 3.05) is 20.2 Å². The summed E-state index contributed by atoms with van der Waals surface area (Å²) in [6, 6.07) is 4.43. The van der Waals surface area contributed by atoms with Gasteiger partial charge in [-0.1, -0.05) is 36.7 Å². The summed E-state index contributed by atoms with van der Waals surface area (Å²) in [4.78, 5) is 0. The summed E-state index contributed by atoms with van der Waals surface area (Å²) in [7, 11) is 1.80. The van der Waals surface area contributed by atoms with E-state index in [2.05, 4.69) is 54.2 Å². The van der Waals surface area contributed by atoms with Gasteiger partial charge >= 0.3 is 0 Å². The number of ether oxygens (including phenoxy) is 1. The van der Waals surface area contributed by atoms with E-state index in [0.717, 1.165) is 35.7 Å². The summed E-state index contributed by atoms with van der Waals surface area (Å²) < 4.78 is 6.92. The van der Waals surface area contributed by atoms with Crippen LogP contribution in [0.25, 0.3) is 0 Å². The first kappa shape index (κ1) is 15.8. The van der Waals surface area contributed by atoms with Crippen LogP contribution in [0.4, 0.5) is 0 Å². The Morgan fingerprint density at radius 3 is 2.45 bits per heavy atom. The fourth-order valence-electron chi connectivity index (χ4n) is 3.00. The van der Waals surface area contributed by atoms with Gasteiger partial charge in [0.1, 0.15) is 5.75 Å². The van der Waals surface area contributed by atoms with Gasteiger partial charge in [-0.25, -0.2) is 0 Å². The second-order valence-electron chi connectivity index (χ2n) is 6.79. The van der Waals surface area contributed by atoms with Crippen molar-refractivity contribution < 1.29 is 4.74 Å². The van der Waals surface area contributed by atoms with E-state index in [0.29, 0.717) is 0 Å². The molecule has 2 rings (SSSR count).